The summed E-state index contributed by atoms with van der Waals surface area (Å²) in [4.78, 5) is 15.8. The number of nitrogens with one attached hydrogen (secondary N) is 1. The topological polar surface area (TPSA) is 35.6 Å². The molecule has 0 aliphatic heterocycles. The van der Waals surface area contributed by atoms with E-state index in [1.807, 2.05) is 11.8 Å². The summed E-state index contributed by atoms with van der Waals surface area (Å²) in [6, 6.07) is 8.47. The van der Waals surface area contributed by atoms with Crippen LogP contribution in [0.1, 0.15) is 18.1 Å². The van der Waals surface area contributed by atoms with Crippen LogP contribution in [0.4, 0.5) is 0 Å². The van der Waals surface area contributed by atoms with Gasteiger partial charge in [-0.25, -0.2) is 0 Å². The molecule has 0 spiro atoms. The number of carbonyl (C=O) groups is 1. The zero-order valence-electron chi connectivity index (χ0n) is 12.4. The first-order valence-corrected chi connectivity index (χ1v) is 6.71. The van der Waals surface area contributed by atoms with Gasteiger partial charge in [-0.05, 0) is 39.2 Å². The molecule has 0 radical (unpaired) electrons. The number of benzene rings is 1. The number of amides is 1. The molecule has 0 saturated carbocycles. The van der Waals surface area contributed by atoms with Crippen LogP contribution < -0.4 is 5.32 Å². The molecular formula is C15H25N3O. The van der Waals surface area contributed by atoms with Gasteiger partial charge >= 0.3 is 0 Å². The van der Waals surface area contributed by atoms with Gasteiger partial charge in [0.05, 0.1) is 6.54 Å². The Morgan fingerprint density at radius 2 is 1.63 bits per heavy atom. The first-order chi connectivity index (χ1) is 9.06. The first-order valence-electron chi connectivity index (χ1n) is 6.71. The van der Waals surface area contributed by atoms with Gasteiger partial charge in [0.15, 0.2) is 0 Å². The predicted octanol–water partition coefficient (Wildman–Crippen LogP) is 1.32. The zero-order chi connectivity index (χ0) is 14.3. The fourth-order valence-corrected chi connectivity index (χ4v) is 1.97. The van der Waals surface area contributed by atoms with Crippen LogP contribution in [0.2, 0.25) is 0 Å². The van der Waals surface area contributed by atoms with Crippen LogP contribution in [0.15, 0.2) is 24.3 Å². The Bertz CT molecular complexity index is 387. The quantitative estimate of drug-likeness (QED) is 0.806. The second-order valence-corrected chi connectivity index (χ2v) is 4.99. The molecule has 1 aromatic carbocycles. The summed E-state index contributed by atoms with van der Waals surface area (Å²) in [7, 11) is 5.91. The zero-order valence-corrected chi connectivity index (χ0v) is 12.4. The Labute approximate surface area is 116 Å². The lowest BCUT2D eigenvalue weighted by atomic mass is 10.1. The third-order valence-corrected chi connectivity index (χ3v) is 2.96. The lowest BCUT2D eigenvalue weighted by molar-refractivity contribution is -0.130. The van der Waals surface area contributed by atoms with Crippen molar-refractivity contribution >= 4 is 5.91 Å². The molecule has 0 aliphatic carbocycles. The minimum atomic E-state index is 0.141. The van der Waals surface area contributed by atoms with Crippen molar-refractivity contribution in [1.82, 2.24) is 15.1 Å². The highest BCUT2D eigenvalue weighted by molar-refractivity contribution is 5.78. The molecule has 0 aliphatic rings. The minimum absolute atomic E-state index is 0.141. The van der Waals surface area contributed by atoms with E-state index in [1.54, 1.807) is 7.05 Å². The van der Waals surface area contributed by atoms with Crippen LogP contribution >= 0.6 is 0 Å². The molecule has 0 saturated heterocycles. The van der Waals surface area contributed by atoms with Crippen molar-refractivity contribution in [3.63, 3.8) is 0 Å². The van der Waals surface area contributed by atoms with E-state index in [0.717, 1.165) is 13.1 Å². The molecule has 4 nitrogen and oxygen atoms in total. The molecule has 106 valence electrons. The summed E-state index contributed by atoms with van der Waals surface area (Å²) in [5.41, 5.74) is 2.46. The smallest absolute Gasteiger partial charge is 0.236 e. The maximum Gasteiger partial charge on any atom is 0.236 e. The van der Waals surface area contributed by atoms with E-state index in [1.165, 1.54) is 11.1 Å². The lowest BCUT2D eigenvalue weighted by Crippen LogP contribution is -2.36. The van der Waals surface area contributed by atoms with Crippen molar-refractivity contribution in [2.24, 2.45) is 0 Å². The van der Waals surface area contributed by atoms with E-state index in [9.17, 15) is 4.79 Å². The third kappa shape index (κ3) is 5.41. The molecule has 1 amide bonds. The molecule has 0 fully saturated rings. The van der Waals surface area contributed by atoms with Gasteiger partial charge in [-0.15, -0.1) is 0 Å². The van der Waals surface area contributed by atoms with E-state index in [0.29, 0.717) is 13.1 Å². The number of carbonyl (C=O) groups excluding carboxylic acids is 1. The molecule has 1 rings (SSSR count). The van der Waals surface area contributed by atoms with Crippen molar-refractivity contribution < 1.29 is 4.79 Å². The normalized spacial score (nSPS) is 10.8. The standard InChI is InChI=1S/C15H25N3O/c1-5-18(15(19)10-16-2)12-14-8-6-13(7-9-14)11-17(3)4/h6-9,16H,5,10-12H2,1-4H3. The molecule has 1 aromatic rings. The molecule has 19 heavy (non-hydrogen) atoms. The summed E-state index contributed by atoms with van der Waals surface area (Å²) in [6.45, 7) is 4.76. The van der Waals surface area contributed by atoms with Crippen LogP contribution in [0.5, 0.6) is 0 Å². The second kappa shape index (κ2) is 7.92. The van der Waals surface area contributed by atoms with Gasteiger partial charge in [0.1, 0.15) is 0 Å². The molecule has 0 atom stereocenters. The number of hydrogen-bond donors (Lipinski definition) is 1. The largest absolute Gasteiger partial charge is 0.338 e. The molecule has 1 N–H and O–H groups in total. The van der Waals surface area contributed by atoms with Gasteiger partial charge < -0.3 is 15.1 Å². The van der Waals surface area contributed by atoms with Crippen LogP contribution in [-0.4, -0.2) is 49.9 Å². The monoisotopic (exact) mass is 263 g/mol. The third-order valence-electron chi connectivity index (χ3n) is 2.96. The Morgan fingerprint density at radius 1 is 1.11 bits per heavy atom. The van der Waals surface area contributed by atoms with Crippen molar-refractivity contribution in [3.8, 4) is 0 Å². The van der Waals surface area contributed by atoms with Gasteiger partial charge in [-0.1, -0.05) is 24.3 Å². The molecular weight excluding hydrogens is 238 g/mol. The summed E-state index contributed by atoms with van der Waals surface area (Å²) in [6.07, 6.45) is 0. The summed E-state index contributed by atoms with van der Waals surface area (Å²) < 4.78 is 0. The highest BCUT2D eigenvalue weighted by Gasteiger charge is 2.10. The van der Waals surface area contributed by atoms with E-state index in [-0.39, 0.29) is 5.91 Å². The average Bonchev–Trinajstić information content (AvgIpc) is 2.37. The van der Waals surface area contributed by atoms with E-state index in [4.69, 9.17) is 0 Å². The Balaban J connectivity index is 2.62. The molecule has 0 unspecified atom stereocenters. The van der Waals surface area contributed by atoms with Crippen molar-refractivity contribution in [1.29, 1.82) is 0 Å². The Hall–Kier alpha value is -1.39. The molecule has 0 heterocycles. The Morgan fingerprint density at radius 3 is 2.05 bits per heavy atom. The van der Waals surface area contributed by atoms with Crippen molar-refractivity contribution in [3.05, 3.63) is 35.4 Å². The maximum absolute atomic E-state index is 11.8. The predicted molar refractivity (Wildman–Crippen MR) is 78.9 cm³/mol. The molecule has 0 aromatic heterocycles. The number of rotatable bonds is 7. The van der Waals surface area contributed by atoms with Gasteiger partial charge in [0.2, 0.25) is 5.91 Å². The summed E-state index contributed by atoms with van der Waals surface area (Å²) in [5.74, 6) is 0.141. The van der Waals surface area contributed by atoms with Crippen LogP contribution in [0.25, 0.3) is 0 Å². The summed E-state index contributed by atoms with van der Waals surface area (Å²) >= 11 is 0. The van der Waals surface area contributed by atoms with Gasteiger partial charge in [-0.3, -0.25) is 4.79 Å². The van der Waals surface area contributed by atoms with E-state index >= 15 is 0 Å². The number of nitrogens with zero attached hydrogens (tertiary/aromatic N) is 2. The number of likely N-dealkylation sites (N-methyl/N-ethyl adjacent to an activating group) is 2. The van der Waals surface area contributed by atoms with Crippen LogP contribution in [0.3, 0.4) is 0 Å². The van der Waals surface area contributed by atoms with Crippen molar-refractivity contribution in [2.75, 3.05) is 34.2 Å². The maximum atomic E-state index is 11.8. The van der Waals surface area contributed by atoms with Gasteiger partial charge in [-0.2, -0.15) is 0 Å². The van der Waals surface area contributed by atoms with Gasteiger partial charge in [0.25, 0.3) is 0 Å². The number of hydrogen-bond acceptors (Lipinski definition) is 3. The minimum Gasteiger partial charge on any atom is -0.338 e. The second-order valence-electron chi connectivity index (χ2n) is 4.99. The van der Waals surface area contributed by atoms with Crippen LogP contribution in [-0.2, 0) is 17.9 Å². The first kappa shape index (κ1) is 15.7. The van der Waals surface area contributed by atoms with Gasteiger partial charge in [0, 0.05) is 19.6 Å². The molecule has 4 heteroatoms. The van der Waals surface area contributed by atoms with E-state index in [2.05, 4.69) is 48.6 Å². The highest BCUT2D eigenvalue weighted by Crippen LogP contribution is 2.09. The Kier molecular flexibility index (Phi) is 6.53. The highest BCUT2D eigenvalue weighted by atomic mass is 16.2. The fourth-order valence-electron chi connectivity index (χ4n) is 1.97. The SMILES string of the molecule is CCN(Cc1ccc(CN(C)C)cc1)C(=O)CNC. The summed E-state index contributed by atoms with van der Waals surface area (Å²) in [5, 5.41) is 2.90. The average molecular weight is 263 g/mol. The van der Waals surface area contributed by atoms with E-state index < -0.39 is 0 Å². The van der Waals surface area contributed by atoms with Crippen molar-refractivity contribution in [2.45, 2.75) is 20.0 Å². The lowest BCUT2D eigenvalue weighted by Gasteiger charge is -2.21. The molecule has 0 bridgehead atoms. The fraction of sp³-hybridized carbons (Fsp3) is 0.533. The van der Waals surface area contributed by atoms with Crippen LogP contribution in [0, 0.1) is 0 Å².